The van der Waals surface area contributed by atoms with Gasteiger partial charge >= 0.3 is 5.97 Å². The van der Waals surface area contributed by atoms with Crippen LogP contribution in [0.4, 0.5) is 0 Å². The summed E-state index contributed by atoms with van der Waals surface area (Å²) in [5, 5.41) is 12.3. The zero-order valence-electron chi connectivity index (χ0n) is 12.1. The smallest absolute Gasteiger partial charge is 0.308 e. The summed E-state index contributed by atoms with van der Waals surface area (Å²) in [6.07, 6.45) is 0. The quantitative estimate of drug-likeness (QED) is 0.795. The second-order valence-corrected chi connectivity index (χ2v) is 5.12. The number of carboxylic acid groups (broad SMARTS) is 1. The number of hydrogen-bond donors (Lipinski definition) is 2. The zero-order chi connectivity index (χ0) is 14.4. The molecular weight excluding hydrogens is 242 g/mol. The Balaban J connectivity index is 2.53. The average molecular weight is 265 g/mol. The van der Waals surface area contributed by atoms with Crippen LogP contribution in [0.1, 0.15) is 25.0 Å². The number of benzene rings is 1. The molecule has 4 heteroatoms. The van der Waals surface area contributed by atoms with E-state index in [-0.39, 0.29) is 11.8 Å². The summed E-state index contributed by atoms with van der Waals surface area (Å²) in [7, 11) is 1.65. The van der Waals surface area contributed by atoms with Gasteiger partial charge < -0.3 is 15.2 Å². The molecule has 0 radical (unpaired) electrons. The molecule has 19 heavy (non-hydrogen) atoms. The summed E-state index contributed by atoms with van der Waals surface area (Å²) in [6.45, 7) is 7.01. The first-order chi connectivity index (χ1) is 8.95. The van der Waals surface area contributed by atoms with Gasteiger partial charge in [-0.2, -0.15) is 0 Å². The Labute approximate surface area is 114 Å². The SMILES string of the molecule is COc1ccc(CNCC(C(=O)O)C(C)C)cc1C. The highest BCUT2D eigenvalue weighted by atomic mass is 16.5. The molecule has 1 atom stereocenters. The Morgan fingerprint density at radius 1 is 1.42 bits per heavy atom. The number of carbonyl (C=O) groups is 1. The standard InChI is InChI=1S/C15H23NO3/c1-10(2)13(15(17)18)9-16-8-12-5-6-14(19-4)11(3)7-12/h5-7,10,13,16H,8-9H2,1-4H3,(H,17,18). The van der Waals surface area contributed by atoms with Crippen LogP contribution in [0.3, 0.4) is 0 Å². The average Bonchev–Trinajstić information content (AvgIpc) is 2.33. The second-order valence-electron chi connectivity index (χ2n) is 5.12. The maximum absolute atomic E-state index is 11.1. The molecule has 0 aromatic heterocycles. The van der Waals surface area contributed by atoms with Gasteiger partial charge in [-0.05, 0) is 30.0 Å². The molecular formula is C15H23NO3. The first-order valence-electron chi connectivity index (χ1n) is 6.52. The molecule has 1 aromatic carbocycles. The highest BCUT2D eigenvalue weighted by molar-refractivity contribution is 5.70. The molecule has 0 heterocycles. The van der Waals surface area contributed by atoms with Gasteiger partial charge in [0.05, 0.1) is 13.0 Å². The van der Waals surface area contributed by atoms with Crippen LogP contribution in [0.2, 0.25) is 0 Å². The molecule has 0 fully saturated rings. The molecule has 1 aromatic rings. The lowest BCUT2D eigenvalue weighted by molar-refractivity contribution is -0.143. The number of ether oxygens (including phenoxy) is 1. The maximum Gasteiger partial charge on any atom is 0.308 e. The van der Waals surface area contributed by atoms with Crippen molar-refractivity contribution in [3.63, 3.8) is 0 Å². The summed E-state index contributed by atoms with van der Waals surface area (Å²) in [6, 6.07) is 5.98. The highest BCUT2D eigenvalue weighted by Crippen LogP contribution is 2.18. The van der Waals surface area contributed by atoms with Gasteiger partial charge in [0.15, 0.2) is 0 Å². The Morgan fingerprint density at radius 2 is 2.11 bits per heavy atom. The minimum atomic E-state index is -0.742. The predicted octanol–water partition coefficient (Wildman–Crippen LogP) is 2.45. The van der Waals surface area contributed by atoms with E-state index in [4.69, 9.17) is 9.84 Å². The van der Waals surface area contributed by atoms with E-state index in [1.807, 2.05) is 32.9 Å². The lowest BCUT2D eigenvalue weighted by Crippen LogP contribution is -2.31. The van der Waals surface area contributed by atoms with E-state index in [1.54, 1.807) is 7.11 Å². The van der Waals surface area contributed by atoms with E-state index in [0.717, 1.165) is 16.9 Å². The fourth-order valence-electron chi connectivity index (χ4n) is 2.03. The summed E-state index contributed by atoms with van der Waals surface area (Å²) in [5.41, 5.74) is 2.21. The number of nitrogens with one attached hydrogen (secondary N) is 1. The van der Waals surface area contributed by atoms with Gasteiger partial charge in [0.2, 0.25) is 0 Å². The summed E-state index contributed by atoms with van der Waals surface area (Å²) < 4.78 is 5.21. The molecule has 0 aliphatic rings. The molecule has 0 saturated heterocycles. The molecule has 0 bridgehead atoms. The number of rotatable bonds is 7. The molecule has 0 saturated carbocycles. The van der Waals surface area contributed by atoms with Crippen molar-refractivity contribution in [2.45, 2.75) is 27.3 Å². The molecule has 0 aliphatic heterocycles. The van der Waals surface area contributed by atoms with Crippen molar-refractivity contribution < 1.29 is 14.6 Å². The van der Waals surface area contributed by atoms with Crippen LogP contribution in [0.5, 0.6) is 5.75 Å². The molecule has 0 amide bonds. The van der Waals surface area contributed by atoms with Gasteiger partial charge in [-0.1, -0.05) is 26.0 Å². The normalized spacial score (nSPS) is 12.5. The van der Waals surface area contributed by atoms with E-state index >= 15 is 0 Å². The topological polar surface area (TPSA) is 58.6 Å². The summed E-state index contributed by atoms with van der Waals surface area (Å²) in [5.74, 6) is -0.0929. The van der Waals surface area contributed by atoms with Crippen LogP contribution >= 0.6 is 0 Å². The third kappa shape index (κ3) is 4.56. The van der Waals surface area contributed by atoms with E-state index in [0.29, 0.717) is 13.1 Å². The third-order valence-corrected chi connectivity index (χ3v) is 3.27. The van der Waals surface area contributed by atoms with Crippen LogP contribution in [0, 0.1) is 18.8 Å². The van der Waals surface area contributed by atoms with Crippen LogP contribution < -0.4 is 10.1 Å². The van der Waals surface area contributed by atoms with Gasteiger partial charge in [0.25, 0.3) is 0 Å². The number of aliphatic carboxylic acids is 1. The van der Waals surface area contributed by atoms with Crippen LogP contribution in [0.25, 0.3) is 0 Å². The minimum absolute atomic E-state index is 0.127. The number of aryl methyl sites for hydroxylation is 1. The van der Waals surface area contributed by atoms with Gasteiger partial charge in [0.1, 0.15) is 5.75 Å². The Kier molecular flexibility index (Phi) is 5.83. The summed E-state index contributed by atoms with van der Waals surface area (Å²) >= 11 is 0. The lowest BCUT2D eigenvalue weighted by Gasteiger charge is -2.17. The van der Waals surface area contributed by atoms with Gasteiger partial charge in [-0.25, -0.2) is 0 Å². The number of hydrogen-bond acceptors (Lipinski definition) is 3. The molecule has 0 spiro atoms. The summed E-state index contributed by atoms with van der Waals surface area (Å²) in [4.78, 5) is 11.1. The Morgan fingerprint density at radius 3 is 2.58 bits per heavy atom. The maximum atomic E-state index is 11.1. The number of methoxy groups -OCH3 is 1. The Hall–Kier alpha value is -1.55. The van der Waals surface area contributed by atoms with E-state index < -0.39 is 5.97 Å². The van der Waals surface area contributed by atoms with Crippen LogP contribution in [-0.2, 0) is 11.3 Å². The molecule has 1 rings (SSSR count). The fraction of sp³-hybridized carbons (Fsp3) is 0.533. The molecule has 106 valence electrons. The largest absolute Gasteiger partial charge is 0.496 e. The van der Waals surface area contributed by atoms with Crippen molar-refractivity contribution in [3.8, 4) is 5.75 Å². The van der Waals surface area contributed by atoms with Crippen molar-refractivity contribution in [2.75, 3.05) is 13.7 Å². The fourth-order valence-corrected chi connectivity index (χ4v) is 2.03. The van der Waals surface area contributed by atoms with Crippen molar-refractivity contribution in [1.82, 2.24) is 5.32 Å². The molecule has 4 nitrogen and oxygen atoms in total. The first kappa shape index (κ1) is 15.5. The lowest BCUT2D eigenvalue weighted by atomic mass is 9.96. The zero-order valence-corrected chi connectivity index (χ0v) is 12.1. The van der Waals surface area contributed by atoms with E-state index in [9.17, 15) is 4.79 Å². The first-order valence-corrected chi connectivity index (χ1v) is 6.52. The predicted molar refractivity (Wildman–Crippen MR) is 75.4 cm³/mol. The molecule has 2 N–H and O–H groups in total. The Bertz CT molecular complexity index is 429. The number of carboxylic acids is 1. The van der Waals surface area contributed by atoms with Crippen LogP contribution in [-0.4, -0.2) is 24.7 Å². The minimum Gasteiger partial charge on any atom is -0.496 e. The van der Waals surface area contributed by atoms with Gasteiger partial charge in [0, 0.05) is 13.1 Å². The van der Waals surface area contributed by atoms with Crippen LogP contribution in [0.15, 0.2) is 18.2 Å². The van der Waals surface area contributed by atoms with E-state index in [2.05, 4.69) is 11.4 Å². The van der Waals surface area contributed by atoms with Gasteiger partial charge in [-0.3, -0.25) is 4.79 Å². The highest BCUT2D eigenvalue weighted by Gasteiger charge is 2.20. The monoisotopic (exact) mass is 265 g/mol. The second kappa shape index (κ2) is 7.14. The third-order valence-electron chi connectivity index (χ3n) is 3.27. The molecule has 1 unspecified atom stereocenters. The van der Waals surface area contributed by atoms with E-state index in [1.165, 1.54) is 0 Å². The van der Waals surface area contributed by atoms with Crippen molar-refractivity contribution >= 4 is 5.97 Å². The van der Waals surface area contributed by atoms with Crippen molar-refractivity contribution in [2.24, 2.45) is 11.8 Å². The van der Waals surface area contributed by atoms with Crippen molar-refractivity contribution in [1.29, 1.82) is 0 Å². The van der Waals surface area contributed by atoms with Crippen molar-refractivity contribution in [3.05, 3.63) is 29.3 Å². The molecule has 0 aliphatic carbocycles. The van der Waals surface area contributed by atoms with Gasteiger partial charge in [-0.15, -0.1) is 0 Å².